The third kappa shape index (κ3) is 6.18. The second-order valence-electron chi connectivity index (χ2n) is 7.92. The molecule has 0 bridgehead atoms. The van der Waals surface area contributed by atoms with Gasteiger partial charge in [-0.1, -0.05) is 35.9 Å². The molecule has 0 spiro atoms. The van der Waals surface area contributed by atoms with Crippen molar-refractivity contribution in [3.8, 4) is 10.4 Å². The molecule has 3 aromatic rings. The third-order valence-corrected chi connectivity index (χ3v) is 7.92. The summed E-state index contributed by atoms with van der Waals surface area (Å²) >= 11 is 7.75. The van der Waals surface area contributed by atoms with Crippen LogP contribution in [0.3, 0.4) is 0 Å². The molecule has 1 aliphatic heterocycles. The van der Waals surface area contributed by atoms with Crippen molar-refractivity contribution in [2.24, 2.45) is 10.7 Å². The van der Waals surface area contributed by atoms with Gasteiger partial charge in [-0.3, -0.25) is 4.79 Å². The highest BCUT2D eigenvalue weighted by atomic mass is 35.5. The van der Waals surface area contributed by atoms with Gasteiger partial charge in [-0.05, 0) is 48.0 Å². The van der Waals surface area contributed by atoms with E-state index in [-0.39, 0.29) is 16.5 Å². The molecule has 4 rings (SSSR count). The van der Waals surface area contributed by atoms with Gasteiger partial charge in [0.15, 0.2) is 9.84 Å². The number of hydrogen-bond donors (Lipinski definition) is 1. The van der Waals surface area contributed by atoms with Gasteiger partial charge >= 0.3 is 0 Å². The number of carbonyl (C=O) groups excluding carboxylic acids is 1. The standard InChI is InChI=1S/C25H24ClN3O4S2/c1-35(31,32)18-6-4-5-17(15-18)23-9-10-24(34-23)22(28-21-8-3-2-7-19(21)26)16-20(27)25(30)29-11-13-33-14-12-29/h2-10,15-16H,11-14,27H2,1H3. The Bertz CT molecular complexity index is 1410. The van der Waals surface area contributed by atoms with E-state index >= 15 is 0 Å². The van der Waals surface area contributed by atoms with Gasteiger partial charge in [0.1, 0.15) is 0 Å². The minimum absolute atomic E-state index is 0.0618. The van der Waals surface area contributed by atoms with Crippen LogP contribution in [0.25, 0.3) is 10.4 Å². The highest BCUT2D eigenvalue weighted by Gasteiger charge is 2.20. The first-order valence-electron chi connectivity index (χ1n) is 10.8. The summed E-state index contributed by atoms with van der Waals surface area (Å²) in [6.07, 6.45) is 2.74. The van der Waals surface area contributed by atoms with E-state index in [2.05, 4.69) is 0 Å². The lowest BCUT2D eigenvalue weighted by Gasteiger charge is -2.26. The predicted molar refractivity (Wildman–Crippen MR) is 140 cm³/mol. The van der Waals surface area contributed by atoms with Crippen LogP contribution in [0.2, 0.25) is 5.02 Å². The van der Waals surface area contributed by atoms with Crippen molar-refractivity contribution in [1.29, 1.82) is 0 Å². The van der Waals surface area contributed by atoms with Crippen molar-refractivity contribution in [2.75, 3.05) is 32.6 Å². The summed E-state index contributed by atoms with van der Waals surface area (Å²) in [5, 5.41) is 0.467. The van der Waals surface area contributed by atoms with Gasteiger partial charge in [0.25, 0.3) is 5.91 Å². The van der Waals surface area contributed by atoms with Crippen molar-refractivity contribution in [3.63, 3.8) is 0 Å². The number of sulfone groups is 1. The molecule has 182 valence electrons. The van der Waals surface area contributed by atoms with Crippen LogP contribution in [0.4, 0.5) is 5.69 Å². The Morgan fingerprint density at radius 1 is 1.11 bits per heavy atom. The molecule has 0 radical (unpaired) electrons. The van der Waals surface area contributed by atoms with Gasteiger partial charge in [-0.25, -0.2) is 13.4 Å². The van der Waals surface area contributed by atoms with Crippen LogP contribution in [-0.4, -0.2) is 57.5 Å². The summed E-state index contributed by atoms with van der Waals surface area (Å²) in [6, 6.07) is 17.7. The van der Waals surface area contributed by atoms with Crippen molar-refractivity contribution >= 4 is 50.1 Å². The van der Waals surface area contributed by atoms with Crippen LogP contribution in [0, 0.1) is 0 Å². The smallest absolute Gasteiger partial charge is 0.269 e. The number of aliphatic imine (C=N–C) groups is 1. The van der Waals surface area contributed by atoms with Crippen molar-refractivity contribution < 1.29 is 17.9 Å². The number of nitrogens with two attached hydrogens (primary N) is 1. The summed E-state index contributed by atoms with van der Waals surface area (Å²) in [7, 11) is -3.34. The Balaban J connectivity index is 1.73. The fraction of sp³-hybridized carbons (Fsp3) is 0.200. The van der Waals surface area contributed by atoms with Crippen LogP contribution < -0.4 is 5.73 Å². The Labute approximate surface area is 213 Å². The van der Waals surface area contributed by atoms with Gasteiger partial charge in [0, 0.05) is 24.2 Å². The normalized spacial score (nSPS) is 15.3. The molecule has 2 N–H and O–H groups in total. The highest BCUT2D eigenvalue weighted by molar-refractivity contribution is 7.90. The van der Waals surface area contributed by atoms with Crippen LogP contribution >= 0.6 is 22.9 Å². The highest BCUT2D eigenvalue weighted by Crippen LogP contribution is 2.32. The zero-order valence-corrected chi connectivity index (χ0v) is 21.4. The Morgan fingerprint density at radius 2 is 1.86 bits per heavy atom. The topological polar surface area (TPSA) is 102 Å². The Morgan fingerprint density at radius 3 is 2.57 bits per heavy atom. The first-order chi connectivity index (χ1) is 16.7. The van der Waals surface area contributed by atoms with Gasteiger partial charge in [-0.2, -0.15) is 0 Å². The number of morpholine rings is 1. The number of thiophene rings is 1. The molecule has 2 heterocycles. The van der Waals surface area contributed by atoms with E-state index in [9.17, 15) is 13.2 Å². The summed E-state index contributed by atoms with van der Waals surface area (Å²) in [6.45, 7) is 1.90. The predicted octanol–water partition coefficient (Wildman–Crippen LogP) is 4.29. The quantitative estimate of drug-likeness (QED) is 0.379. The zero-order valence-electron chi connectivity index (χ0n) is 19.0. The maximum Gasteiger partial charge on any atom is 0.269 e. The molecule has 1 fully saturated rings. The minimum atomic E-state index is -3.34. The van der Waals surface area contributed by atoms with E-state index in [0.717, 1.165) is 15.3 Å². The molecular weight excluding hydrogens is 506 g/mol. The van der Waals surface area contributed by atoms with Gasteiger partial charge in [-0.15, -0.1) is 11.3 Å². The number of benzene rings is 2. The molecule has 2 aromatic carbocycles. The zero-order chi connectivity index (χ0) is 25.0. The van der Waals surface area contributed by atoms with E-state index in [1.54, 1.807) is 41.3 Å². The minimum Gasteiger partial charge on any atom is -0.394 e. The largest absolute Gasteiger partial charge is 0.394 e. The van der Waals surface area contributed by atoms with Crippen LogP contribution in [0.5, 0.6) is 0 Å². The number of ether oxygens (including phenoxy) is 1. The molecule has 10 heteroatoms. The SMILES string of the molecule is CS(=O)(=O)c1cccc(-c2ccc(C(C=C(N)C(=O)N3CCOCC3)=Nc3ccccc3Cl)s2)c1. The maximum absolute atomic E-state index is 12.9. The number of nitrogens with zero attached hydrogens (tertiary/aromatic N) is 2. The number of rotatable bonds is 6. The maximum atomic E-state index is 12.9. The monoisotopic (exact) mass is 529 g/mol. The lowest BCUT2D eigenvalue weighted by molar-refractivity contribution is -0.131. The molecule has 1 saturated heterocycles. The number of para-hydroxylation sites is 1. The molecule has 0 atom stereocenters. The molecule has 0 aliphatic carbocycles. The third-order valence-electron chi connectivity index (χ3n) is 5.34. The fourth-order valence-electron chi connectivity index (χ4n) is 3.50. The fourth-order valence-corrected chi connectivity index (χ4v) is 5.31. The molecule has 0 unspecified atom stereocenters. The molecule has 35 heavy (non-hydrogen) atoms. The summed E-state index contributed by atoms with van der Waals surface area (Å²) in [4.78, 5) is 21.1. The van der Waals surface area contributed by atoms with Crippen LogP contribution in [-0.2, 0) is 19.4 Å². The molecule has 1 amide bonds. The van der Waals surface area contributed by atoms with E-state index in [1.165, 1.54) is 17.6 Å². The summed E-state index contributed by atoms with van der Waals surface area (Å²) in [5.41, 5.74) is 8.07. The van der Waals surface area contributed by atoms with Gasteiger partial charge in [0.05, 0.1) is 45.1 Å². The Hall–Kier alpha value is -2.98. The van der Waals surface area contributed by atoms with E-state index in [1.807, 2.05) is 30.3 Å². The number of carbonyl (C=O) groups is 1. The average molecular weight is 530 g/mol. The number of hydrogen-bond acceptors (Lipinski definition) is 7. The Kier molecular flexibility index (Phi) is 7.71. The first-order valence-corrected chi connectivity index (χ1v) is 13.9. The molecule has 0 saturated carbocycles. The second-order valence-corrected chi connectivity index (χ2v) is 11.4. The summed E-state index contributed by atoms with van der Waals surface area (Å²) in [5.74, 6) is -0.280. The molecular formula is C25H24ClN3O4S2. The van der Waals surface area contributed by atoms with Gasteiger partial charge < -0.3 is 15.4 Å². The van der Waals surface area contributed by atoms with Crippen molar-refractivity contribution in [2.45, 2.75) is 4.90 Å². The van der Waals surface area contributed by atoms with Gasteiger partial charge in [0.2, 0.25) is 0 Å². The van der Waals surface area contributed by atoms with Crippen LogP contribution in [0.1, 0.15) is 4.88 Å². The number of allylic oxidation sites excluding steroid dienone is 1. The van der Waals surface area contributed by atoms with E-state index < -0.39 is 9.84 Å². The molecule has 7 nitrogen and oxygen atoms in total. The number of halogens is 1. The second kappa shape index (κ2) is 10.7. The van der Waals surface area contributed by atoms with Crippen molar-refractivity contribution in [3.05, 3.63) is 82.3 Å². The summed E-state index contributed by atoms with van der Waals surface area (Å²) < 4.78 is 29.3. The first kappa shape index (κ1) is 25.1. The average Bonchev–Trinajstić information content (AvgIpc) is 3.35. The lowest BCUT2D eigenvalue weighted by atomic mass is 10.2. The number of amides is 1. The lowest BCUT2D eigenvalue weighted by Crippen LogP contribution is -2.42. The molecule has 1 aliphatic rings. The van der Waals surface area contributed by atoms with Crippen molar-refractivity contribution in [1.82, 2.24) is 4.90 Å². The molecule has 1 aromatic heterocycles. The van der Waals surface area contributed by atoms with E-state index in [4.69, 9.17) is 27.1 Å². The van der Waals surface area contributed by atoms with Crippen LogP contribution in [0.15, 0.2) is 82.3 Å². The van der Waals surface area contributed by atoms with E-state index in [0.29, 0.717) is 42.7 Å².